The highest BCUT2D eigenvalue weighted by Crippen LogP contribution is 2.35. The third-order valence-electron chi connectivity index (χ3n) is 4.10. The molecule has 0 radical (unpaired) electrons. The number of fused-ring (bicyclic) bond motifs is 1. The fraction of sp³-hybridized carbons (Fsp3) is 0.400. The van der Waals surface area contributed by atoms with E-state index in [2.05, 4.69) is 62.1 Å². The molecule has 3 heteroatoms. The molecule has 0 saturated heterocycles. The van der Waals surface area contributed by atoms with Crippen molar-refractivity contribution in [2.75, 3.05) is 12.3 Å². The molecule has 0 unspecified atom stereocenters. The maximum atomic E-state index is 5.90. The summed E-state index contributed by atoms with van der Waals surface area (Å²) in [5, 5.41) is 0. The normalized spacial score (nSPS) is 15.4. The number of benzene rings is 2. The quantitative estimate of drug-likeness (QED) is 0.654. The number of hydrogen-bond acceptors (Lipinski definition) is 3. The predicted octanol–water partition coefficient (Wildman–Crippen LogP) is 4.72. The van der Waals surface area contributed by atoms with Gasteiger partial charge >= 0.3 is 0 Å². The number of thioether (sulfide) groups is 1. The van der Waals surface area contributed by atoms with Crippen LogP contribution in [0.2, 0.25) is 0 Å². The van der Waals surface area contributed by atoms with Gasteiger partial charge in [-0.25, -0.2) is 0 Å². The van der Waals surface area contributed by atoms with Gasteiger partial charge in [-0.15, -0.1) is 11.8 Å². The smallest absolute Gasteiger partial charge is 0.0316 e. The van der Waals surface area contributed by atoms with Gasteiger partial charge in [0.05, 0.1) is 0 Å². The minimum Gasteiger partial charge on any atom is -0.399 e. The second kappa shape index (κ2) is 6.58. The number of nitrogen functional groups attached to an aromatic ring is 1. The number of rotatable bonds is 3. The molecule has 2 N–H and O–H groups in total. The summed E-state index contributed by atoms with van der Waals surface area (Å²) in [5.41, 5.74) is 11.1. The first-order chi connectivity index (χ1) is 10.9. The maximum Gasteiger partial charge on any atom is 0.0316 e. The molecule has 0 atom stereocenters. The topological polar surface area (TPSA) is 29.3 Å². The fourth-order valence-corrected chi connectivity index (χ4v) is 4.14. The third-order valence-corrected chi connectivity index (χ3v) is 5.33. The van der Waals surface area contributed by atoms with Crippen LogP contribution < -0.4 is 5.73 Å². The summed E-state index contributed by atoms with van der Waals surface area (Å²) in [6.07, 6.45) is 1.09. The molecule has 1 aliphatic rings. The SMILES string of the molecule is CC(C)(C)Sc1ccccc1CN1CCc2cc(N)ccc2C1. The molecular formula is C20H26N2S. The number of hydrogen-bond donors (Lipinski definition) is 1. The highest BCUT2D eigenvalue weighted by molar-refractivity contribution is 8.00. The molecule has 0 aliphatic carbocycles. The van der Waals surface area contributed by atoms with Crippen LogP contribution in [0, 0.1) is 0 Å². The monoisotopic (exact) mass is 326 g/mol. The van der Waals surface area contributed by atoms with Crippen molar-refractivity contribution in [3.8, 4) is 0 Å². The van der Waals surface area contributed by atoms with E-state index in [1.165, 1.54) is 21.6 Å². The highest BCUT2D eigenvalue weighted by Gasteiger charge is 2.19. The Bertz CT molecular complexity index is 688. The Morgan fingerprint density at radius 1 is 1.09 bits per heavy atom. The van der Waals surface area contributed by atoms with Gasteiger partial charge in [-0.05, 0) is 41.3 Å². The minimum absolute atomic E-state index is 0.238. The first-order valence-corrected chi connectivity index (χ1v) is 9.09. The molecule has 0 bridgehead atoms. The standard InChI is InChI=1S/C20H26N2S/c1-20(2,3)23-19-7-5-4-6-17(19)14-22-11-10-15-12-18(21)9-8-16(15)13-22/h4-9,12H,10-11,13-14,21H2,1-3H3. The molecule has 1 aliphatic heterocycles. The molecule has 2 aromatic rings. The zero-order chi connectivity index (χ0) is 16.4. The number of nitrogens with two attached hydrogens (primary N) is 1. The van der Waals surface area contributed by atoms with E-state index in [1.807, 2.05) is 17.8 Å². The fourth-order valence-electron chi connectivity index (χ4n) is 3.07. The van der Waals surface area contributed by atoms with Gasteiger partial charge in [-0.2, -0.15) is 0 Å². The Morgan fingerprint density at radius 3 is 2.65 bits per heavy atom. The molecule has 0 spiro atoms. The second-order valence-corrected chi connectivity index (χ2v) is 9.18. The van der Waals surface area contributed by atoms with Gasteiger partial charge in [0, 0.05) is 35.0 Å². The van der Waals surface area contributed by atoms with E-state index in [0.29, 0.717) is 0 Å². The lowest BCUT2D eigenvalue weighted by atomic mass is 9.98. The maximum absolute atomic E-state index is 5.90. The Balaban J connectivity index is 1.75. The Labute approximate surface area is 144 Å². The van der Waals surface area contributed by atoms with Crippen LogP contribution in [-0.2, 0) is 19.5 Å². The van der Waals surface area contributed by atoms with Gasteiger partial charge < -0.3 is 5.73 Å². The van der Waals surface area contributed by atoms with E-state index in [9.17, 15) is 0 Å². The van der Waals surface area contributed by atoms with Crippen molar-refractivity contribution < 1.29 is 0 Å². The lowest BCUT2D eigenvalue weighted by Crippen LogP contribution is -2.30. The second-order valence-electron chi connectivity index (χ2n) is 7.31. The van der Waals surface area contributed by atoms with Crippen molar-refractivity contribution in [2.24, 2.45) is 0 Å². The molecule has 0 saturated carbocycles. The van der Waals surface area contributed by atoms with Gasteiger partial charge in [0.2, 0.25) is 0 Å². The molecule has 23 heavy (non-hydrogen) atoms. The van der Waals surface area contributed by atoms with Crippen molar-refractivity contribution in [3.63, 3.8) is 0 Å². The van der Waals surface area contributed by atoms with Crippen LogP contribution in [0.25, 0.3) is 0 Å². The van der Waals surface area contributed by atoms with Gasteiger partial charge in [-0.1, -0.05) is 45.0 Å². The van der Waals surface area contributed by atoms with Crippen LogP contribution in [0.15, 0.2) is 47.4 Å². The van der Waals surface area contributed by atoms with Crippen LogP contribution in [0.1, 0.15) is 37.5 Å². The summed E-state index contributed by atoms with van der Waals surface area (Å²) >= 11 is 1.96. The first kappa shape index (κ1) is 16.4. The van der Waals surface area contributed by atoms with Gasteiger partial charge in [0.25, 0.3) is 0 Å². The van der Waals surface area contributed by atoms with Crippen molar-refractivity contribution in [1.82, 2.24) is 4.90 Å². The van der Waals surface area contributed by atoms with Crippen molar-refractivity contribution in [1.29, 1.82) is 0 Å². The van der Waals surface area contributed by atoms with Crippen LogP contribution in [0.3, 0.4) is 0 Å². The van der Waals surface area contributed by atoms with E-state index in [0.717, 1.165) is 31.7 Å². The van der Waals surface area contributed by atoms with E-state index in [-0.39, 0.29) is 4.75 Å². The summed E-state index contributed by atoms with van der Waals surface area (Å²) in [4.78, 5) is 3.95. The minimum atomic E-state index is 0.238. The van der Waals surface area contributed by atoms with Gasteiger partial charge in [0.1, 0.15) is 0 Å². The molecule has 2 aromatic carbocycles. The average Bonchev–Trinajstić information content (AvgIpc) is 2.48. The summed E-state index contributed by atoms with van der Waals surface area (Å²) < 4.78 is 0.238. The molecule has 2 nitrogen and oxygen atoms in total. The molecule has 0 amide bonds. The Hall–Kier alpha value is -1.45. The van der Waals surface area contributed by atoms with Crippen LogP contribution in [0.4, 0.5) is 5.69 Å². The predicted molar refractivity (Wildman–Crippen MR) is 101 cm³/mol. The average molecular weight is 327 g/mol. The van der Waals surface area contributed by atoms with E-state index in [1.54, 1.807) is 0 Å². The Kier molecular flexibility index (Phi) is 4.69. The van der Waals surface area contributed by atoms with Crippen molar-refractivity contribution >= 4 is 17.4 Å². The van der Waals surface area contributed by atoms with Crippen LogP contribution in [-0.4, -0.2) is 16.2 Å². The van der Waals surface area contributed by atoms with E-state index in [4.69, 9.17) is 5.73 Å². The summed E-state index contributed by atoms with van der Waals surface area (Å²) in [7, 11) is 0. The lowest BCUT2D eigenvalue weighted by molar-refractivity contribution is 0.244. The molecule has 0 aromatic heterocycles. The summed E-state index contributed by atoms with van der Waals surface area (Å²) in [6, 6.07) is 15.2. The zero-order valence-corrected chi connectivity index (χ0v) is 15.1. The lowest BCUT2D eigenvalue weighted by Gasteiger charge is -2.30. The molecule has 0 fully saturated rings. The molecule has 3 rings (SSSR count). The molecule has 122 valence electrons. The van der Waals surface area contributed by atoms with Gasteiger partial charge in [-0.3, -0.25) is 4.90 Å². The summed E-state index contributed by atoms with van der Waals surface area (Å²) in [6.45, 7) is 9.96. The van der Waals surface area contributed by atoms with Crippen LogP contribution in [0.5, 0.6) is 0 Å². The number of nitrogens with zero attached hydrogens (tertiary/aromatic N) is 1. The summed E-state index contributed by atoms with van der Waals surface area (Å²) in [5.74, 6) is 0. The first-order valence-electron chi connectivity index (χ1n) is 8.27. The highest BCUT2D eigenvalue weighted by atomic mass is 32.2. The number of anilines is 1. The van der Waals surface area contributed by atoms with E-state index < -0.39 is 0 Å². The van der Waals surface area contributed by atoms with Gasteiger partial charge in [0.15, 0.2) is 0 Å². The Morgan fingerprint density at radius 2 is 1.87 bits per heavy atom. The molecule has 1 heterocycles. The van der Waals surface area contributed by atoms with Crippen molar-refractivity contribution in [2.45, 2.75) is 49.9 Å². The van der Waals surface area contributed by atoms with Crippen LogP contribution >= 0.6 is 11.8 Å². The van der Waals surface area contributed by atoms with E-state index >= 15 is 0 Å². The van der Waals surface area contributed by atoms with Crippen molar-refractivity contribution in [3.05, 3.63) is 59.2 Å². The largest absolute Gasteiger partial charge is 0.399 e. The molecular weight excluding hydrogens is 300 g/mol. The zero-order valence-electron chi connectivity index (χ0n) is 14.3. The third kappa shape index (κ3) is 4.30.